The maximum absolute atomic E-state index is 12.8. The van der Waals surface area contributed by atoms with Crippen LogP contribution >= 0.6 is 51.3 Å². The van der Waals surface area contributed by atoms with Gasteiger partial charge in [0.05, 0.1) is 20.9 Å². The summed E-state index contributed by atoms with van der Waals surface area (Å²) in [5.41, 5.74) is 0.110. The first kappa shape index (κ1) is 21.3. The number of benzene rings is 1. The van der Waals surface area contributed by atoms with Crippen LogP contribution in [0.15, 0.2) is 22.7 Å². The van der Waals surface area contributed by atoms with Crippen molar-refractivity contribution in [2.24, 2.45) is 0 Å². The topological polar surface area (TPSA) is 41.9 Å². The van der Waals surface area contributed by atoms with Gasteiger partial charge in [-0.25, -0.2) is 0 Å². The number of hydrogen-bond donors (Lipinski definition) is 2. The zero-order chi connectivity index (χ0) is 19.5. The van der Waals surface area contributed by atoms with Crippen molar-refractivity contribution in [3.05, 3.63) is 44.1 Å². The number of nitrogens with one attached hydrogen (secondary N) is 2. The molecule has 2 N–H and O–H groups in total. The van der Waals surface area contributed by atoms with Crippen molar-refractivity contribution in [1.29, 1.82) is 0 Å². The lowest BCUT2D eigenvalue weighted by Gasteiger charge is -2.12. The van der Waals surface area contributed by atoms with Gasteiger partial charge in [0, 0.05) is 18.1 Å². The zero-order valence-corrected chi connectivity index (χ0v) is 17.3. The Kier molecular flexibility index (Phi) is 7.18. The predicted octanol–water partition coefficient (Wildman–Crippen LogP) is 5.66. The highest BCUT2D eigenvalue weighted by atomic mass is 79.9. The highest BCUT2D eigenvalue weighted by Crippen LogP contribution is 2.35. The van der Waals surface area contributed by atoms with Gasteiger partial charge in [-0.1, -0.05) is 23.2 Å². The number of aryl methyl sites for hydroxylation is 1. The second kappa shape index (κ2) is 8.77. The smallest absolute Gasteiger partial charge is 0.362 e. The van der Waals surface area contributed by atoms with Gasteiger partial charge in [-0.05, 0) is 59.7 Å². The fourth-order valence-electron chi connectivity index (χ4n) is 2.11. The molecule has 11 heteroatoms. The Bertz CT molecular complexity index is 811. The van der Waals surface area contributed by atoms with Gasteiger partial charge >= 0.3 is 6.18 Å². The molecule has 0 unspecified atom stereocenters. The molecule has 2 rings (SSSR count). The van der Waals surface area contributed by atoms with E-state index in [1.165, 1.54) is 4.68 Å². The van der Waals surface area contributed by atoms with Crippen molar-refractivity contribution in [3.8, 4) is 0 Å². The van der Waals surface area contributed by atoms with Crippen molar-refractivity contribution in [1.82, 2.24) is 15.1 Å². The number of rotatable bonds is 5. The molecular formula is C15H14BrCl2F3N4S. The van der Waals surface area contributed by atoms with Crippen LogP contribution in [-0.4, -0.2) is 21.4 Å². The van der Waals surface area contributed by atoms with E-state index in [-0.39, 0.29) is 4.47 Å². The number of anilines is 1. The molecule has 0 spiro atoms. The molecule has 2 aromatic rings. The van der Waals surface area contributed by atoms with Crippen molar-refractivity contribution >= 4 is 62.1 Å². The third-order valence-electron chi connectivity index (χ3n) is 3.41. The lowest BCUT2D eigenvalue weighted by atomic mass is 10.3. The predicted molar refractivity (Wildman–Crippen MR) is 105 cm³/mol. The largest absolute Gasteiger partial charge is 0.436 e. The second-order valence-corrected chi connectivity index (χ2v) is 7.37. The fourth-order valence-corrected chi connectivity index (χ4v) is 3.29. The summed E-state index contributed by atoms with van der Waals surface area (Å²) in [6.07, 6.45) is -3.96. The highest BCUT2D eigenvalue weighted by molar-refractivity contribution is 9.10. The van der Waals surface area contributed by atoms with Gasteiger partial charge in [0.1, 0.15) is 0 Å². The van der Waals surface area contributed by atoms with Crippen LogP contribution in [0, 0.1) is 6.92 Å². The van der Waals surface area contributed by atoms with E-state index in [9.17, 15) is 13.2 Å². The number of aromatic nitrogens is 2. The average Bonchev–Trinajstić information content (AvgIpc) is 2.82. The zero-order valence-electron chi connectivity index (χ0n) is 13.4. The normalized spacial score (nSPS) is 11.5. The minimum atomic E-state index is -4.49. The fraction of sp³-hybridized carbons (Fsp3) is 0.333. The molecule has 0 aliphatic rings. The molecule has 0 aliphatic carbocycles. The Morgan fingerprint density at radius 2 is 2.04 bits per heavy atom. The Balaban J connectivity index is 1.84. The Morgan fingerprint density at radius 1 is 1.35 bits per heavy atom. The van der Waals surface area contributed by atoms with Gasteiger partial charge in [0.25, 0.3) is 0 Å². The number of halogens is 6. The summed E-state index contributed by atoms with van der Waals surface area (Å²) in [6, 6.07) is 4.96. The minimum Gasteiger partial charge on any atom is -0.362 e. The van der Waals surface area contributed by atoms with E-state index in [1.807, 2.05) is 0 Å². The third kappa shape index (κ3) is 5.48. The monoisotopic (exact) mass is 488 g/mol. The summed E-state index contributed by atoms with van der Waals surface area (Å²) < 4.78 is 39.8. The van der Waals surface area contributed by atoms with Crippen LogP contribution in [0.3, 0.4) is 0 Å². The summed E-state index contributed by atoms with van der Waals surface area (Å²) >= 11 is 20.0. The Labute approximate surface area is 172 Å². The average molecular weight is 490 g/mol. The summed E-state index contributed by atoms with van der Waals surface area (Å²) in [4.78, 5) is 0. The summed E-state index contributed by atoms with van der Waals surface area (Å²) in [5, 5.41) is 10.8. The minimum absolute atomic E-state index is 0.0347. The number of nitrogens with zero attached hydrogens (tertiary/aromatic N) is 2. The molecule has 0 aliphatic heterocycles. The SMILES string of the molecule is Cc1c(Br)c(C(F)(F)F)nn1CCCNC(=S)Nc1ccc(Cl)cc1Cl. The highest BCUT2D eigenvalue weighted by Gasteiger charge is 2.37. The molecule has 0 saturated carbocycles. The molecule has 0 atom stereocenters. The number of alkyl halides is 3. The van der Waals surface area contributed by atoms with Crippen molar-refractivity contribution in [2.75, 3.05) is 11.9 Å². The van der Waals surface area contributed by atoms with Gasteiger partial charge in [-0.3, -0.25) is 4.68 Å². The summed E-state index contributed by atoms with van der Waals surface area (Å²) in [5.74, 6) is 0. The van der Waals surface area contributed by atoms with E-state index in [0.717, 1.165) is 0 Å². The second-order valence-electron chi connectivity index (χ2n) is 5.33. The number of hydrogen-bond acceptors (Lipinski definition) is 2. The van der Waals surface area contributed by atoms with Crippen LogP contribution in [0.25, 0.3) is 0 Å². The van der Waals surface area contributed by atoms with Crippen LogP contribution in [0.1, 0.15) is 17.8 Å². The lowest BCUT2D eigenvalue weighted by Crippen LogP contribution is -2.30. The standard InChI is InChI=1S/C15H14BrCl2F3N4S/c1-8-12(16)13(15(19,20)21)24-25(8)6-2-5-22-14(26)23-11-4-3-9(17)7-10(11)18/h3-4,7H,2,5-6H2,1H3,(H2,22,23,26). The molecule has 4 nitrogen and oxygen atoms in total. The lowest BCUT2D eigenvalue weighted by molar-refractivity contribution is -0.142. The van der Waals surface area contributed by atoms with Gasteiger partial charge < -0.3 is 10.6 Å². The first-order valence-corrected chi connectivity index (χ1v) is 9.35. The number of thiocarbonyl (C=S) groups is 1. The molecule has 1 aromatic heterocycles. The van der Waals surface area contributed by atoms with E-state index >= 15 is 0 Å². The molecule has 0 fully saturated rings. The van der Waals surface area contributed by atoms with Crippen LogP contribution in [0.2, 0.25) is 10.0 Å². The first-order chi connectivity index (χ1) is 12.1. The third-order valence-corrected chi connectivity index (χ3v) is 5.16. The van der Waals surface area contributed by atoms with Crippen LogP contribution in [0.4, 0.5) is 18.9 Å². The molecule has 142 valence electrons. The van der Waals surface area contributed by atoms with Crippen molar-refractivity contribution in [3.63, 3.8) is 0 Å². The first-order valence-electron chi connectivity index (χ1n) is 7.39. The van der Waals surface area contributed by atoms with Gasteiger partial charge in [-0.15, -0.1) is 0 Å². The van der Waals surface area contributed by atoms with E-state index in [1.54, 1.807) is 25.1 Å². The Hall–Kier alpha value is -1.03. The summed E-state index contributed by atoms with van der Waals surface area (Å²) in [6.45, 7) is 2.35. The molecule has 1 heterocycles. The molecule has 0 saturated heterocycles. The maximum Gasteiger partial charge on any atom is 0.436 e. The van der Waals surface area contributed by atoms with E-state index in [0.29, 0.717) is 46.0 Å². The summed E-state index contributed by atoms with van der Waals surface area (Å²) in [7, 11) is 0. The van der Waals surface area contributed by atoms with E-state index in [4.69, 9.17) is 35.4 Å². The van der Waals surface area contributed by atoms with Gasteiger partial charge in [0.15, 0.2) is 10.8 Å². The molecule has 26 heavy (non-hydrogen) atoms. The van der Waals surface area contributed by atoms with E-state index < -0.39 is 11.9 Å². The molecule has 0 amide bonds. The van der Waals surface area contributed by atoms with Crippen LogP contribution in [-0.2, 0) is 12.7 Å². The van der Waals surface area contributed by atoms with Gasteiger partial charge in [-0.2, -0.15) is 18.3 Å². The molecule has 0 radical (unpaired) electrons. The van der Waals surface area contributed by atoms with Crippen LogP contribution in [0.5, 0.6) is 0 Å². The maximum atomic E-state index is 12.8. The van der Waals surface area contributed by atoms with E-state index in [2.05, 4.69) is 31.7 Å². The molecule has 0 bridgehead atoms. The van der Waals surface area contributed by atoms with Crippen LogP contribution < -0.4 is 10.6 Å². The molecule has 1 aromatic carbocycles. The Morgan fingerprint density at radius 3 is 2.62 bits per heavy atom. The van der Waals surface area contributed by atoms with Crippen molar-refractivity contribution in [2.45, 2.75) is 26.1 Å². The quantitative estimate of drug-likeness (QED) is 0.420. The molecular weight excluding hydrogens is 476 g/mol. The van der Waals surface area contributed by atoms with Gasteiger partial charge in [0.2, 0.25) is 0 Å². The van der Waals surface area contributed by atoms with Crippen molar-refractivity contribution < 1.29 is 13.2 Å².